The first-order chi connectivity index (χ1) is 13.7. The lowest BCUT2D eigenvalue weighted by atomic mass is 9.46. The summed E-state index contributed by atoms with van der Waals surface area (Å²) in [6, 6.07) is 0.501. The van der Waals surface area contributed by atoms with E-state index in [1.807, 2.05) is 0 Å². The van der Waals surface area contributed by atoms with E-state index in [2.05, 4.69) is 46.6 Å². The zero-order chi connectivity index (χ0) is 21.0. The summed E-state index contributed by atoms with van der Waals surface area (Å²) in [5.41, 5.74) is 0.950. The Labute approximate surface area is 180 Å². The number of fused-ring (bicyclic) bond motifs is 5. The van der Waals surface area contributed by atoms with Crippen LogP contribution in [0.4, 0.5) is 0 Å². The van der Waals surface area contributed by atoms with E-state index in [-0.39, 0.29) is 0 Å². The molecule has 1 saturated heterocycles. The summed E-state index contributed by atoms with van der Waals surface area (Å²) < 4.78 is 0. The first-order valence-corrected chi connectivity index (χ1v) is 12.9. The van der Waals surface area contributed by atoms with Crippen LogP contribution in [0.25, 0.3) is 0 Å². The van der Waals surface area contributed by atoms with Gasteiger partial charge in [-0.3, -0.25) is 4.79 Å². The fourth-order valence-corrected chi connectivity index (χ4v) is 9.18. The Morgan fingerprint density at radius 2 is 1.66 bits per heavy atom. The molecule has 0 bridgehead atoms. The number of likely N-dealkylation sites (tertiary alicyclic amines) is 1. The maximum Gasteiger partial charge on any atom is 0.222 e. The molecule has 4 fully saturated rings. The van der Waals surface area contributed by atoms with Gasteiger partial charge in [-0.2, -0.15) is 0 Å². The maximum absolute atomic E-state index is 12.4. The van der Waals surface area contributed by atoms with Gasteiger partial charge < -0.3 is 4.90 Å². The average Bonchev–Trinajstić information content (AvgIpc) is 3.02. The van der Waals surface area contributed by atoms with E-state index in [0.29, 0.717) is 22.8 Å². The van der Waals surface area contributed by atoms with Crippen molar-refractivity contribution in [2.45, 2.75) is 111 Å². The first kappa shape index (κ1) is 21.7. The van der Waals surface area contributed by atoms with Crippen LogP contribution in [0.5, 0.6) is 0 Å². The number of piperidine rings is 1. The fraction of sp³-hybridized carbons (Fsp3) is 0.963. The van der Waals surface area contributed by atoms with Gasteiger partial charge in [0.15, 0.2) is 0 Å². The molecule has 4 rings (SSSR count). The normalized spacial score (nSPS) is 45.7. The van der Waals surface area contributed by atoms with Gasteiger partial charge >= 0.3 is 0 Å². The Morgan fingerprint density at radius 1 is 0.931 bits per heavy atom. The van der Waals surface area contributed by atoms with E-state index in [0.717, 1.165) is 48.3 Å². The molecule has 1 heterocycles. The average molecular weight is 402 g/mol. The number of hydrogen-bond acceptors (Lipinski definition) is 1. The van der Waals surface area contributed by atoms with Gasteiger partial charge in [0.25, 0.3) is 0 Å². The van der Waals surface area contributed by atoms with Crippen molar-refractivity contribution in [3.63, 3.8) is 0 Å². The Kier molecular flexibility index (Phi) is 5.88. The molecule has 3 aliphatic carbocycles. The molecule has 1 aliphatic heterocycles. The molecular formula is C27H47NO. The highest BCUT2D eigenvalue weighted by atomic mass is 16.2. The van der Waals surface area contributed by atoms with Gasteiger partial charge in [-0.25, -0.2) is 0 Å². The SMILES string of the molecule is CC(C)CCCC(C)[C@H]1CCC2C3CC[C@@H]4N(C)C(=O)CC[C@]4(C)C3CC[C@@]21C. The molecular weight excluding hydrogens is 354 g/mol. The summed E-state index contributed by atoms with van der Waals surface area (Å²) in [7, 11) is 2.09. The monoisotopic (exact) mass is 401 g/mol. The highest BCUT2D eigenvalue weighted by Crippen LogP contribution is 2.67. The van der Waals surface area contributed by atoms with Crippen molar-refractivity contribution in [3.05, 3.63) is 0 Å². The maximum atomic E-state index is 12.4. The number of carbonyl (C=O) groups is 1. The van der Waals surface area contributed by atoms with Crippen LogP contribution in [0.1, 0.15) is 105 Å². The molecule has 0 N–H and O–H groups in total. The van der Waals surface area contributed by atoms with Crippen LogP contribution in [0.2, 0.25) is 0 Å². The molecule has 29 heavy (non-hydrogen) atoms. The van der Waals surface area contributed by atoms with Gasteiger partial charge in [-0.15, -0.1) is 0 Å². The highest BCUT2D eigenvalue weighted by molar-refractivity contribution is 5.77. The molecule has 0 spiro atoms. The second-order valence-corrected chi connectivity index (χ2v) is 12.5. The fourth-order valence-electron chi connectivity index (χ4n) is 9.18. The minimum absolute atomic E-state index is 0.369. The lowest BCUT2D eigenvalue weighted by Crippen LogP contribution is -2.61. The standard InChI is InChI=1S/C27H47NO/c1-18(2)8-7-9-19(3)21-11-12-22-20-10-13-24-27(5,17-15-25(29)28(24)6)23(20)14-16-26(21,22)4/h18-24H,7-17H2,1-6H3/t19?,20?,21-,22?,23?,24+,26-,27-/m1/s1. The van der Waals surface area contributed by atoms with Crippen LogP contribution >= 0.6 is 0 Å². The van der Waals surface area contributed by atoms with E-state index >= 15 is 0 Å². The Bertz CT molecular complexity index is 614. The van der Waals surface area contributed by atoms with Crippen LogP contribution in [-0.2, 0) is 4.79 Å². The molecule has 0 aromatic rings. The van der Waals surface area contributed by atoms with Crippen molar-refractivity contribution in [2.75, 3.05) is 7.05 Å². The largest absolute Gasteiger partial charge is 0.342 e. The molecule has 0 radical (unpaired) electrons. The van der Waals surface area contributed by atoms with Crippen LogP contribution < -0.4 is 0 Å². The Hall–Kier alpha value is -0.530. The van der Waals surface area contributed by atoms with Crippen molar-refractivity contribution < 1.29 is 4.79 Å². The third-order valence-corrected chi connectivity index (χ3v) is 10.8. The third kappa shape index (κ3) is 3.49. The van der Waals surface area contributed by atoms with Crippen LogP contribution in [0.3, 0.4) is 0 Å². The molecule has 1 amide bonds. The lowest BCUT2D eigenvalue weighted by molar-refractivity contribution is -0.158. The Balaban J connectivity index is 1.48. The molecule has 4 unspecified atom stereocenters. The van der Waals surface area contributed by atoms with Crippen molar-refractivity contribution in [3.8, 4) is 0 Å². The van der Waals surface area contributed by atoms with Gasteiger partial charge in [0.05, 0.1) is 0 Å². The van der Waals surface area contributed by atoms with Crippen molar-refractivity contribution >= 4 is 5.91 Å². The second kappa shape index (κ2) is 7.86. The highest BCUT2D eigenvalue weighted by Gasteiger charge is 2.61. The Morgan fingerprint density at radius 3 is 2.38 bits per heavy atom. The first-order valence-electron chi connectivity index (χ1n) is 12.9. The summed E-state index contributed by atoms with van der Waals surface area (Å²) in [5, 5.41) is 0. The smallest absolute Gasteiger partial charge is 0.222 e. The molecule has 8 atom stereocenters. The van der Waals surface area contributed by atoms with Crippen molar-refractivity contribution in [1.29, 1.82) is 0 Å². The van der Waals surface area contributed by atoms with E-state index in [1.165, 1.54) is 57.8 Å². The van der Waals surface area contributed by atoms with Gasteiger partial charge in [-0.1, -0.05) is 53.9 Å². The molecule has 4 aliphatic rings. The number of rotatable bonds is 5. The van der Waals surface area contributed by atoms with Crippen LogP contribution in [-0.4, -0.2) is 23.9 Å². The lowest BCUT2D eigenvalue weighted by Gasteiger charge is -2.62. The zero-order valence-electron chi connectivity index (χ0n) is 20.2. The quantitative estimate of drug-likeness (QED) is 0.489. The van der Waals surface area contributed by atoms with Crippen LogP contribution in [0, 0.1) is 46.3 Å². The predicted octanol–water partition coefficient (Wildman–Crippen LogP) is 6.93. The van der Waals surface area contributed by atoms with Crippen molar-refractivity contribution in [1.82, 2.24) is 4.90 Å². The predicted molar refractivity (Wildman–Crippen MR) is 122 cm³/mol. The number of nitrogens with zero attached hydrogens (tertiary/aromatic N) is 1. The summed E-state index contributed by atoms with van der Waals surface area (Å²) in [4.78, 5) is 14.5. The zero-order valence-corrected chi connectivity index (χ0v) is 20.2. The molecule has 166 valence electrons. The summed E-state index contributed by atoms with van der Waals surface area (Å²) in [6.45, 7) is 12.6. The molecule has 3 saturated carbocycles. The van der Waals surface area contributed by atoms with Gasteiger partial charge in [0.2, 0.25) is 5.91 Å². The number of hydrogen-bond donors (Lipinski definition) is 0. The van der Waals surface area contributed by atoms with Gasteiger partial charge in [0, 0.05) is 19.5 Å². The topological polar surface area (TPSA) is 20.3 Å². The summed E-state index contributed by atoms with van der Waals surface area (Å²) >= 11 is 0. The second-order valence-electron chi connectivity index (χ2n) is 12.5. The number of carbonyl (C=O) groups excluding carboxylic acids is 1. The third-order valence-electron chi connectivity index (χ3n) is 10.8. The number of amides is 1. The van der Waals surface area contributed by atoms with Gasteiger partial charge in [-0.05, 0) is 91.3 Å². The van der Waals surface area contributed by atoms with Crippen molar-refractivity contribution in [2.24, 2.45) is 46.3 Å². The molecule has 0 aromatic carbocycles. The van der Waals surface area contributed by atoms with E-state index < -0.39 is 0 Å². The van der Waals surface area contributed by atoms with E-state index in [9.17, 15) is 4.79 Å². The van der Waals surface area contributed by atoms with E-state index in [4.69, 9.17) is 0 Å². The van der Waals surface area contributed by atoms with Gasteiger partial charge in [0.1, 0.15) is 0 Å². The molecule has 2 nitrogen and oxygen atoms in total. The molecule has 2 heteroatoms. The van der Waals surface area contributed by atoms with E-state index in [1.54, 1.807) is 0 Å². The molecule has 0 aromatic heterocycles. The summed E-state index contributed by atoms with van der Waals surface area (Å²) in [5.74, 6) is 5.80. The summed E-state index contributed by atoms with van der Waals surface area (Å²) in [6.07, 6.45) is 14.6. The van der Waals surface area contributed by atoms with Crippen LogP contribution in [0.15, 0.2) is 0 Å². The minimum atomic E-state index is 0.369. The minimum Gasteiger partial charge on any atom is -0.342 e.